The van der Waals surface area contributed by atoms with Gasteiger partial charge in [-0.05, 0) is 113 Å². The Labute approximate surface area is 307 Å². The van der Waals surface area contributed by atoms with E-state index < -0.39 is 0 Å². The van der Waals surface area contributed by atoms with Crippen molar-refractivity contribution >= 4 is 65.0 Å². The van der Waals surface area contributed by atoms with Crippen molar-refractivity contribution in [2.75, 3.05) is 0 Å². The number of hydrogen-bond donors (Lipinski definition) is 0. The van der Waals surface area contributed by atoms with Crippen molar-refractivity contribution in [2.24, 2.45) is 0 Å². The molecule has 1 nitrogen and oxygen atoms in total. The molecule has 0 radical (unpaired) electrons. The molecule has 246 valence electrons. The van der Waals surface area contributed by atoms with Gasteiger partial charge in [0.15, 0.2) is 0 Å². The molecule has 10 aromatic carbocycles. The first-order valence-electron chi connectivity index (χ1n) is 18.3. The summed E-state index contributed by atoms with van der Waals surface area (Å²) in [6, 6.07) is 70.6. The summed E-state index contributed by atoms with van der Waals surface area (Å²) in [6.07, 6.45) is 0. The van der Waals surface area contributed by atoms with Crippen molar-refractivity contribution in [2.45, 2.75) is 0 Å². The van der Waals surface area contributed by atoms with Gasteiger partial charge in [-0.2, -0.15) is 0 Å². The SMILES string of the molecule is c1ccc(-c2cc(-c3ccc(-c4c5ccccc5c(-c5ccc6oc7c8ccccc8ccc7c6c5)c5ccccc45)cc3)c3ccccc3c2)cc1. The smallest absolute Gasteiger partial charge is 0.143 e. The molecule has 0 saturated heterocycles. The van der Waals surface area contributed by atoms with Crippen LogP contribution < -0.4 is 0 Å². The van der Waals surface area contributed by atoms with Crippen molar-refractivity contribution in [3.05, 3.63) is 194 Å². The first kappa shape index (κ1) is 29.7. The third-order valence-corrected chi connectivity index (χ3v) is 11.0. The molecule has 0 spiro atoms. The first-order chi connectivity index (χ1) is 26.3. The fourth-order valence-electron chi connectivity index (χ4n) is 8.57. The third kappa shape index (κ3) is 4.71. The summed E-state index contributed by atoms with van der Waals surface area (Å²) < 4.78 is 6.50. The average Bonchev–Trinajstić information content (AvgIpc) is 3.61. The van der Waals surface area contributed by atoms with E-state index in [1.165, 1.54) is 82.2 Å². The second kappa shape index (κ2) is 11.8. The molecule has 11 aromatic rings. The van der Waals surface area contributed by atoms with Crippen LogP contribution in [0.15, 0.2) is 199 Å². The molecule has 0 aliphatic heterocycles. The largest absolute Gasteiger partial charge is 0.455 e. The number of rotatable bonds is 4. The number of fused-ring (bicyclic) bond motifs is 8. The number of hydrogen-bond acceptors (Lipinski definition) is 1. The van der Waals surface area contributed by atoms with Gasteiger partial charge >= 0.3 is 0 Å². The van der Waals surface area contributed by atoms with Crippen LogP contribution in [-0.4, -0.2) is 0 Å². The summed E-state index contributed by atoms with van der Waals surface area (Å²) >= 11 is 0. The minimum atomic E-state index is 0.910. The molecule has 0 amide bonds. The van der Waals surface area contributed by atoms with Gasteiger partial charge in [0.1, 0.15) is 11.2 Å². The van der Waals surface area contributed by atoms with Crippen LogP contribution in [0.1, 0.15) is 0 Å². The minimum Gasteiger partial charge on any atom is -0.455 e. The highest BCUT2D eigenvalue weighted by Crippen LogP contribution is 2.46. The van der Waals surface area contributed by atoms with Gasteiger partial charge in [0.05, 0.1) is 0 Å². The molecule has 0 N–H and O–H groups in total. The molecule has 0 saturated carbocycles. The number of furan rings is 1. The van der Waals surface area contributed by atoms with E-state index in [-0.39, 0.29) is 0 Å². The molecule has 0 fully saturated rings. The molecule has 0 aliphatic rings. The Kier molecular flexibility index (Phi) is 6.62. The Bertz CT molecular complexity index is 3150. The molecule has 0 aliphatic carbocycles. The minimum absolute atomic E-state index is 0.910. The van der Waals surface area contributed by atoms with E-state index in [1.54, 1.807) is 0 Å². The summed E-state index contributed by atoms with van der Waals surface area (Å²) in [5.74, 6) is 0. The molecular formula is C52H32O. The molecule has 0 unspecified atom stereocenters. The van der Waals surface area contributed by atoms with Crippen LogP contribution in [0.25, 0.3) is 110 Å². The molecule has 0 atom stereocenters. The summed E-state index contributed by atoms with van der Waals surface area (Å²) in [7, 11) is 0. The maximum Gasteiger partial charge on any atom is 0.143 e. The van der Waals surface area contributed by atoms with Gasteiger partial charge < -0.3 is 4.42 Å². The van der Waals surface area contributed by atoms with Gasteiger partial charge in [0, 0.05) is 16.2 Å². The van der Waals surface area contributed by atoms with Crippen molar-refractivity contribution < 1.29 is 4.42 Å². The van der Waals surface area contributed by atoms with Gasteiger partial charge in [-0.25, -0.2) is 0 Å². The van der Waals surface area contributed by atoms with Crippen LogP contribution in [0.4, 0.5) is 0 Å². The zero-order chi connectivity index (χ0) is 34.9. The van der Waals surface area contributed by atoms with E-state index in [2.05, 4.69) is 194 Å². The fourth-order valence-corrected chi connectivity index (χ4v) is 8.57. The van der Waals surface area contributed by atoms with E-state index in [9.17, 15) is 0 Å². The highest BCUT2D eigenvalue weighted by Gasteiger charge is 2.19. The van der Waals surface area contributed by atoms with E-state index in [4.69, 9.17) is 4.42 Å². The van der Waals surface area contributed by atoms with Gasteiger partial charge in [-0.15, -0.1) is 0 Å². The van der Waals surface area contributed by atoms with Crippen molar-refractivity contribution in [1.82, 2.24) is 0 Å². The zero-order valence-corrected chi connectivity index (χ0v) is 28.9. The van der Waals surface area contributed by atoms with Crippen molar-refractivity contribution in [3.8, 4) is 44.5 Å². The van der Waals surface area contributed by atoms with Crippen LogP contribution in [0.3, 0.4) is 0 Å². The summed E-state index contributed by atoms with van der Waals surface area (Å²) in [5, 5.41) is 12.1. The Hall–Kier alpha value is -6.96. The van der Waals surface area contributed by atoms with E-state index in [1.807, 2.05) is 0 Å². The molecule has 11 rings (SSSR count). The monoisotopic (exact) mass is 672 g/mol. The van der Waals surface area contributed by atoms with Crippen LogP contribution in [0, 0.1) is 0 Å². The molecular weight excluding hydrogens is 641 g/mol. The quantitative estimate of drug-likeness (QED) is 0.170. The highest BCUT2D eigenvalue weighted by atomic mass is 16.3. The third-order valence-electron chi connectivity index (χ3n) is 11.0. The van der Waals surface area contributed by atoms with E-state index >= 15 is 0 Å². The molecule has 1 heterocycles. The van der Waals surface area contributed by atoms with Gasteiger partial charge in [-0.1, -0.05) is 164 Å². The summed E-state index contributed by atoms with van der Waals surface area (Å²) in [5.41, 5.74) is 11.7. The molecule has 53 heavy (non-hydrogen) atoms. The van der Waals surface area contributed by atoms with Gasteiger partial charge in [0.25, 0.3) is 0 Å². The maximum absolute atomic E-state index is 6.50. The standard InChI is InChI=1S/C52H32O/c1-2-12-33(13-3-1)39-30-37-15-5-6-16-40(37)47(32-39)35-22-24-36(25-23-35)50-42-18-8-10-20-44(42)51(45-21-11-9-19-43(45)50)38-27-29-49-48(31-38)46-28-26-34-14-4-7-17-41(34)52(46)53-49/h1-32H. The predicted octanol–water partition coefficient (Wildman–Crippen LogP) is 14.9. The lowest BCUT2D eigenvalue weighted by Gasteiger charge is -2.18. The lowest BCUT2D eigenvalue weighted by Crippen LogP contribution is -1.91. The highest BCUT2D eigenvalue weighted by molar-refractivity contribution is 6.23. The Morgan fingerprint density at radius 1 is 0.264 bits per heavy atom. The Morgan fingerprint density at radius 2 is 0.811 bits per heavy atom. The predicted molar refractivity (Wildman–Crippen MR) is 225 cm³/mol. The van der Waals surface area contributed by atoms with Crippen LogP contribution >= 0.6 is 0 Å². The second-order valence-electron chi connectivity index (χ2n) is 14.0. The van der Waals surface area contributed by atoms with Crippen molar-refractivity contribution in [3.63, 3.8) is 0 Å². The van der Waals surface area contributed by atoms with Crippen LogP contribution in [0.5, 0.6) is 0 Å². The maximum atomic E-state index is 6.50. The normalized spacial score (nSPS) is 11.8. The topological polar surface area (TPSA) is 13.1 Å². The van der Waals surface area contributed by atoms with E-state index in [0.29, 0.717) is 0 Å². The molecule has 0 bridgehead atoms. The van der Waals surface area contributed by atoms with E-state index in [0.717, 1.165) is 27.3 Å². The second-order valence-corrected chi connectivity index (χ2v) is 14.0. The molecule has 1 aromatic heterocycles. The van der Waals surface area contributed by atoms with Crippen molar-refractivity contribution in [1.29, 1.82) is 0 Å². The first-order valence-corrected chi connectivity index (χ1v) is 18.3. The molecule has 1 heteroatoms. The van der Waals surface area contributed by atoms with Crippen LogP contribution in [-0.2, 0) is 0 Å². The Morgan fingerprint density at radius 3 is 1.51 bits per heavy atom. The zero-order valence-electron chi connectivity index (χ0n) is 28.9. The number of benzene rings is 10. The Balaban J connectivity index is 1.09. The van der Waals surface area contributed by atoms with Crippen LogP contribution in [0.2, 0.25) is 0 Å². The van der Waals surface area contributed by atoms with Gasteiger partial charge in [0.2, 0.25) is 0 Å². The lowest BCUT2D eigenvalue weighted by atomic mass is 9.85. The fraction of sp³-hybridized carbons (Fsp3) is 0. The summed E-state index contributed by atoms with van der Waals surface area (Å²) in [6.45, 7) is 0. The lowest BCUT2D eigenvalue weighted by molar-refractivity contribution is 0.672. The summed E-state index contributed by atoms with van der Waals surface area (Å²) in [4.78, 5) is 0. The average molecular weight is 673 g/mol. The van der Waals surface area contributed by atoms with Gasteiger partial charge in [-0.3, -0.25) is 0 Å².